The van der Waals surface area contributed by atoms with Gasteiger partial charge in [0, 0.05) is 31.0 Å². The van der Waals surface area contributed by atoms with E-state index >= 15 is 0 Å². The number of amides is 1. The molecule has 1 aliphatic heterocycles. The summed E-state index contributed by atoms with van der Waals surface area (Å²) in [7, 11) is 2.01. The molecule has 0 saturated carbocycles. The molecule has 1 heterocycles. The third-order valence-corrected chi connectivity index (χ3v) is 5.40. The zero-order chi connectivity index (χ0) is 19.9. The third kappa shape index (κ3) is 5.35. The van der Waals surface area contributed by atoms with Gasteiger partial charge in [-0.1, -0.05) is 50.2 Å². The number of nitrogens with zero attached hydrogens (tertiary/aromatic N) is 2. The van der Waals surface area contributed by atoms with Crippen LogP contribution in [0.4, 0.5) is 11.4 Å². The van der Waals surface area contributed by atoms with Crippen molar-refractivity contribution in [1.29, 1.82) is 0 Å². The number of likely N-dealkylation sites (N-methyl/N-ethyl adjacent to an activating group) is 1. The Labute approximate surface area is 169 Å². The van der Waals surface area contributed by atoms with E-state index in [1.54, 1.807) is 0 Å². The largest absolute Gasteiger partial charge is 0.371 e. The molecule has 0 aromatic heterocycles. The van der Waals surface area contributed by atoms with Gasteiger partial charge in [0.2, 0.25) is 5.91 Å². The van der Waals surface area contributed by atoms with E-state index in [2.05, 4.69) is 59.3 Å². The second kappa shape index (κ2) is 9.74. The molecule has 2 aromatic carbocycles. The Morgan fingerprint density at radius 2 is 1.71 bits per heavy atom. The van der Waals surface area contributed by atoms with E-state index in [1.807, 2.05) is 25.2 Å². The molecule has 4 nitrogen and oxygen atoms in total. The van der Waals surface area contributed by atoms with Gasteiger partial charge in [-0.15, -0.1) is 0 Å². The number of nitrogens with one attached hydrogen (secondary N) is 1. The summed E-state index contributed by atoms with van der Waals surface area (Å²) < 4.78 is 0. The van der Waals surface area contributed by atoms with Crippen LogP contribution >= 0.6 is 0 Å². The van der Waals surface area contributed by atoms with Gasteiger partial charge in [-0.3, -0.25) is 9.69 Å². The second-order valence-electron chi connectivity index (χ2n) is 8.14. The number of hydrogen-bond donors (Lipinski definition) is 1. The molecule has 0 unspecified atom stereocenters. The summed E-state index contributed by atoms with van der Waals surface area (Å²) in [6.07, 6.45) is 3.86. The Balaban J connectivity index is 1.62. The molecule has 150 valence electrons. The number of carbonyl (C=O) groups excluding carboxylic acids is 1. The highest BCUT2D eigenvalue weighted by molar-refractivity contribution is 5.93. The van der Waals surface area contributed by atoms with Crippen molar-refractivity contribution < 1.29 is 4.79 Å². The molecular formula is C24H33N3O. The van der Waals surface area contributed by atoms with Crippen LogP contribution in [0.2, 0.25) is 0 Å². The van der Waals surface area contributed by atoms with Crippen molar-refractivity contribution in [2.24, 2.45) is 0 Å². The zero-order valence-corrected chi connectivity index (χ0v) is 17.4. The minimum absolute atomic E-state index is 0.0334. The number of rotatable bonds is 7. The predicted molar refractivity (Wildman–Crippen MR) is 118 cm³/mol. The van der Waals surface area contributed by atoms with Crippen molar-refractivity contribution in [2.75, 3.05) is 36.9 Å². The summed E-state index contributed by atoms with van der Waals surface area (Å²) in [5.74, 6) is 0.414. The molecule has 1 fully saturated rings. The Hall–Kier alpha value is -2.33. The fourth-order valence-electron chi connectivity index (χ4n) is 3.98. The quantitative estimate of drug-likeness (QED) is 0.745. The second-order valence-corrected chi connectivity index (χ2v) is 8.14. The average Bonchev–Trinajstić information content (AvgIpc) is 2.69. The normalized spacial score (nSPS) is 14.5. The standard InChI is InChI=1S/C24H33N3O/c1-19(2)21-12-6-7-13-22(21)25-24(28)18-26(3)17-20-11-5-8-14-23(20)27-15-9-4-10-16-27/h5-8,11-14,19H,4,9-10,15-18H2,1-3H3,(H,25,28). The summed E-state index contributed by atoms with van der Waals surface area (Å²) >= 11 is 0. The molecule has 3 rings (SSSR count). The minimum Gasteiger partial charge on any atom is -0.371 e. The van der Waals surface area contributed by atoms with Gasteiger partial charge in [-0.05, 0) is 55.5 Å². The predicted octanol–water partition coefficient (Wildman–Crippen LogP) is 4.87. The Bertz CT molecular complexity index is 781. The molecule has 0 bridgehead atoms. The van der Waals surface area contributed by atoms with Crippen molar-refractivity contribution in [3.63, 3.8) is 0 Å². The number of carbonyl (C=O) groups is 1. The van der Waals surface area contributed by atoms with E-state index in [4.69, 9.17) is 0 Å². The molecule has 1 N–H and O–H groups in total. The lowest BCUT2D eigenvalue weighted by atomic mass is 10.0. The van der Waals surface area contributed by atoms with Gasteiger partial charge >= 0.3 is 0 Å². The minimum atomic E-state index is 0.0334. The molecule has 1 amide bonds. The molecule has 2 aromatic rings. The highest BCUT2D eigenvalue weighted by Gasteiger charge is 2.16. The summed E-state index contributed by atoms with van der Waals surface area (Å²) in [6.45, 7) is 7.70. The van der Waals surface area contributed by atoms with Gasteiger partial charge in [0.05, 0.1) is 6.54 Å². The zero-order valence-electron chi connectivity index (χ0n) is 17.4. The smallest absolute Gasteiger partial charge is 0.238 e. The molecule has 0 aliphatic carbocycles. The van der Waals surface area contributed by atoms with Crippen molar-refractivity contribution in [2.45, 2.75) is 45.6 Å². The van der Waals surface area contributed by atoms with E-state index in [-0.39, 0.29) is 5.91 Å². The molecule has 4 heteroatoms. The number of hydrogen-bond acceptors (Lipinski definition) is 3. The van der Waals surface area contributed by atoms with E-state index in [0.29, 0.717) is 12.5 Å². The molecule has 1 saturated heterocycles. The topological polar surface area (TPSA) is 35.6 Å². The number of anilines is 2. The van der Waals surface area contributed by atoms with Crippen LogP contribution < -0.4 is 10.2 Å². The first-order valence-corrected chi connectivity index (χ1v) is 10.4. The van der Waals surface area contributed by atoms with Crippen LogP contribution in [0.5, 0.6) is 0 Å². The first-order chi connectivity index (χ1) is 13.5. The number of para-hydroxylation sites is 2. The van der Waals surface area contributed by atoms with Gasteiger partial charge in [0.15, 0.2) is 0 Å². The molecule has 1 aliphatic rings. The molecule has 28 heavy (non-hydrogen) atoms. The van der Waals surface area contributed by atoms with E-state index in [0.717, 1.165) is 25.3 Å². The summed E-state index contributed by atoms with van der Waals surface area (Å²) in [5.41, 5.74) is 4.71. The van der Waals surface area contributed by atoms with Crippen molar-refractivity contribution in [3.05, 3.63) is 59.7 Å². The molecule has 0 spiro atoms. The van der Waals surface area contributed by atoms with Crippen LogP contribution in [-0.4, -0.2) is 37.5 Å². The van der Waals surface area contributed by atoms with Crippen LogP contribution in [0.3, 0.4) is 0 Å². The summed E-state index contributed by atoms with van der Waals surface area (Å²) in [6, 6.07) is 16.7. The fraction of sp³-hybridized carbons (Fsp3) is 0.458. The maximum atomic E-state index is 12.6. The summed E-state index contributed by atoms with van der Waals surface area (Å²) in [4.78, 5) is 17.2. The first kappa shape index (κ1) is 20.4. The average molecular weight is 380 g/mol. The fourth-order valence-corrected chi connectivity index (χ4v) is 3.98. The van der Waals surface area contributed by atoms with Crippen LogP contribution in [0.15, 0.2) is 48.5 Å². The van der Waals surface area contributed by atoms with Crippen molar-refractivity contribution in [1.82, 2.24) is 4.90 Å². The number of benzene rings is 2. The van der Waals surface area contributed by atoms with E-state index in [9.17, 15) is 4.79 Å². The Morgan fingerprint density at radius 3 is 2.46 bits per heavy atom. The van der Waals surface area contributed by atoms with Crippen molar-refractivity contribution >= 4 is 17.3 Å². The maximum absolute atomic E-state index is 12.6. The maximum Gasteiger partial charge on any atom is 0.238 e. The third-order valence-electron chi connectivity index (χ3n) is 5.40. The highest BCUT2D eigenvalue weighted by Crippen LogP contribution is 2.26. The van der Waals surface area contributed by atoms with Crippen LogP contribution in [0.25, 0.3) is 0 Å². The van der Waals surface area contributed by atoms with Crippen LogP contribution in [0.1, 0.15) is 50.2 Å². The van der Waals surface area contributed by atoms with E-state index < -0.39 is 0 Å². The van der Waals surface area contributed by atoms with Gasteiger partial charge < -0.3 is 10.2 Å². The SMILES string of the molecule is CC(C)c1ccccc1NC(=O)CN(C)Cc1ccccc1N1CCCCC1. The lowest BCUT2D eigenvalue weighted by Gasteiger charge is -2.31. The van der Waals surface area contributed by atoms with Crippen LogP contribution in [-0.2, 0) is 11.3 Å². The van der Waals surface area contributed by atoms with Crippen molar-refractivity contribution in [3.8, 4) is 0 Å². The monoisotopic (exact) mass is 379 g/mol. The van der Waals surface area contributed by atoms with Gasteiger partial charge in [-0.25, -0.2) is 0 Å². The van der Waals surface area contributed by atoms with E-state index in [1.165, 1.54) is 36.1 Å². The molecular weight excluding hydrogens is 346 g/mol. The Morgan fingerprint density at radius 1 is 1.04 bits per heavy atom. The molecule has 0 atom stereocenters. The number of piperidine rings is 1. The Kier molecular flexibility index (Phi) is 7.10. The lowest BCUT2D eigenvalue weighted by molar-refractivity contribution is -0.117. The van der Waals surface area contributed by atoms with Gasteiger partial charge in [-0.2, -0.15) is 0 Å². The highest BCUT2D eigenvalue weighted by atomic mass is 16.2. The van der Waals surface area contributed by atoms with Gasteiger partial charge in [0.25, 0.3) is 0 Å². The first-order valence-electron chi connectivity index (χ1n) is 10.4. The summed E-state index contributed by atoms with van der Waals surface area (Å²) in [5, 5.41) is 3.10. The molecule has 0 radical (unpaired) electrons. The van der Waals surface area contributed by atoms with Crippen LogP contribution in [0, 0.1) is 0 Å². The van der Waals surface area contributed by atoms with Gasteiger partial charge in [0.1, 0.15) is 0 Å². The lowest BCUT2D eigenvalue weighted by Crippen LogP contribution is -2.33.